The van der Waals surface area contributed by atoms with Crippen LogP contribution in [0.15, 0.2) is 12.7 Å². The molecule has 7 heteroatoms. The molecule has 0 aromatic heterocycles. The summed E-state index contributed by atoms with van der Waals surface area (Å²) in [7, 11) is 1.52. The zero-order valence-corrected chi connectivity index (χ0v) is 15.3. The highest BCUT2D eigenvalue weighted by atomic mass is 16.6. The third-order valence-corrected chi connectivity index (χ3v) is 4.01. The lowest BCUT2D eigenvalue weighted by Crippen LogP contribution is -2.51. The first-order chi connectivity index (χ1) is 11.0. The van der Waals surface area contributed by atoms with Gasteiger partial charge in [-0.15, -0.1) is 6.58 Å². The highest BCUT2D eigenvalue weighted by Crippen LogP contribution is 2.35. The van der Waals surface area contributed by atoms with Crippen molar-refractivity contribution in [2.24, 2.45) is 5.41 Å². The van der Waals surface area contributed by atoms with Crippen molar-refractivity contribution in [1.29, 1.82) is 0 Å². The molecule has 0 bridgehead atoms. The van der Waals surface area contributed by atoms with Gasteiger partial charge in [-0.2, -0.15) is 0 Å². The average Bonchev–Trinajstić information content (AvgIpc) is 2.90. The van der Waals surface area contributed by atoms with Gasteiger partial charge in [0, 0.05) is 20.1 Å². The lowest BCUT2D eigenvalue weighted by molar-refractivity contribution is -0.134. The number of nitrogens with zero attached hydrogens (tertiary/aromatic N) is 1. The summed E-state index contributed by atoms with van der Waals surface area (Å²) in [4.78, 5) is 38.1. The molecule has 0 saturated carbocycles. The van der Waals surface area contributed by atoms with Gasteiger partial charge in [0.05, 0.1) is 5.41 Å². The minimum absolute atomic E-state index is 0.246. The van der Waals surface area contributed by atoms with E-state index in [1.807, 2.05) is 0 Å². The normalized spacial score (nSPS) is 21.8. The molecule has 1 rings (SSSR count). The molecule has 1 unspecified atom stereocenters. The van der Waals surface area contributed by atoms with Gasteiger partial charge < -0.3 is 20.3 Å². The quantitative estimate of drug-likeness (QED) is 0.742. The standard InChI is InChI=1S/C17H29N3O4/c1-7-8-17(14(22)19-12(2)13(21)18-6)9-10-20(11-17)15(23)24-16(3,4)5/h7,12H,1,8-11H2,2-6H3,(H,18,21)(H,19,22)/t12-,17?/m0/s1. The zero-order valence-electron chi connectivity index (χ0n) is 15.3. The Balaban J connectivity index is 2.83. The summed E-state index contributed by atoms with van der Waals surface area (Å²) in [6, 6.07) is -0.639. The van der Waals surface area contributed by atoms with Crippen molar-refractivity contribution in [2.75, 3.05) is 20.1 Å². The summed E-state index contributed by atoms with van der Waals surface area (Å²) in [5, 5.41) is 5.23. The van der Waals surface area contributed by atoms with Gasteiger partial charge in [0.25, 0.3) is 0 Å². The molecular formula is C17H29N3O4. The summed E-state index contributed by atoms with van der Waals surface area (Å²) in [5.41, 5.74) is -1.36. The molecule has 0 aliphatic carbocycles. The number of hydrogen-bond acceptors (Lipinski definition) is 4. The Hall–Kier alpha value is -2.05. The largest absolute Gasteiger partial charge is 0.444 e. The van der Waals surface area contributed by atoms with Crippen molar-refractivity contribution >= 4 is 17.9 Å². The van der Waals surface area contributed by atoms with Crippen molar-refractivity contribution < 1.29 is 19.1 Å². The Kier molecular flexibility index (Phi) is 6.40. The average molecular weight is 339 g/mol. The van der Waals surface area contributed by atoms with Crippen LogP contribution in [0.2, 0.25) is 0 Å². The first kappa shape index (κ1) is 20.0. The lowest BCUT2D eigenvalue weighted by Gasteiger charge is -2.29. The molecule has 0 radical (unpaired) electrons. The van der Waals surface area contributed by atoms with Crippen LogP contribution >= 0.6 is 0 Å². The Morgan fingerprint density at radius 1 is 1.38 bits per heavy atom. The summed E-state index contributed by atoms with van der Waals surface area (Å²) >= 11 is 0. The molecule has 0 spiro atoms. The number of hydrogen-bond donors (Lipinski definition) is 2. The van der Waals surface area contributed by atoms with E-state index in [2.05, 4.69) is 17.2 Å². The third-order valence-electron chi connectivity index (χ3n) is 4.01. The van der Waals surface area contributed by atoms with Crippen molar-refractivity contribution in [2.45, 2.75) is 52.2 Å². The van der Waals surface area contributed by atoms with E-state index in [-0.39, 0.29) is 18.4 Å². The van der Waals surface area contributed by atoms with E-state index in [9.17, 15) is 14.4 Å². The first-order valence-corrected chi connectivity index (χ1v) is 8.16. The first-order valence-electron chi connectivity index (χ1n) is 8.16. The molecular weight excluding hydrogens is 310 g/mol. The molecule has 0 aromatic carbocycles. The molecule has 1 aliphatic heterocycles. The molecule has 136 valence electrons. The number of allylic oxidation sites excluding steroid dienone is 1. The SMILES string of the molecule is C=CCC1(C(=O)N[C@@H](C)C(=O)NC)CCN(C(=O)OC(C)(C)C)C1. The predicted octanol–water partition coefficient (Wildman–Crippen LogP) is 1.44. The fraction of sp³-hybridized carbons (Fsp3) is 0.706. The van der Waals surface area contributed by atoms with Gasteiger partial charge in [0.2, 0.25) is 11.8 Å². The van der Waals surface area contributed by atoms with E-state index < -0.39 is 23.2 Å². The van der Waals surface area contributed by atoms with Crippen LogP contribution in [-0.2, 0) is 14.3 Å². The molecule has 1 heterocycles. The van der Waals surface area contributed by atoms with E-state index in [0.29, 0.717) is 19.4 Å². The molecule has 2 N–H and O–H groups in total. The van der Waals surface area contributed by atoms with Crippen molar-refractivity contribution in [3.8, 4) is 0 Å². The summed E-state index contributed by atoms with van der Waals surface area (Å²) in [5.74, 6) is -0.511. The van der Waals surface area contributed by atoms with Crippen LogP contribution < -0.4 is 10.6 Å². The van der Waals surface area contributed by atoms with Crippen LogP contribution in [0.4, 0.5) is 4.79 Å². The number of likely N-dealkylation sites (tertiary alicyclic amines) is 1. The number of ether oxygens (including phenoxy) is 1. The van der Waals surface area contributed by atoms with Crippen LogP contribution in [0, 0.1) is 5.41 Å². The highest BCUT2D eigenvalue weighted by molar-refractivity contribution is 5.90. The van der Waals surface area contributed by atoms with E-state index in [0.717, 1.165) is 0 Å². The number of rotatable bonds is 5. The second kappa shape index (κ2) is 7.68. The maximum absolute atomic E-state index is 12.7. The molecule has 0 aromatic rings. The van der Waals surface area contributed by atoms with Gasteiger partial charge in [0.1, 0.15) is 11.6 Å². The molecule has 3 amide bonds. The third kappa shape index (κ3) is 4.97. The molecule has 1 aliphatic rings. The van der Waals surface area contributed by atoms with E-state index in [4.69, 9.17) is 4.74 Å². The van der Waals surface area contributed by atoms with Gasteiger partial charge in [-0.3, -0.25) is 9.59 Å². The highest BCUT2D eigenvalue weighted by Gasteiger charge is 2.46. The Labute approximate surface area is 143 Å². The second-order valence-electron chi connectivity index (χ2n) is 7.23. The molecule has 7 nitrogen and oxygen atoms in total. The van der Waals surface area contributed by atoms with E-state index in [1.54, 1.807) is 38.7 Å². The minimum atomic E-state index is -0.777. The van der Waals surface area contributed by atoms with Gasteiger partial charge in [0.15, 0.2) is 0 Å². The van der Waals surface area contributed by atoms with Gasteiger partial charge in [-0.05, 0) is 40.5 Å². The lowest BCUT2D eigenvalue weighted by atomic mass is 9.82. The van der Waals surface area contributed by atoms with Gasteiger partial charge >= 0.3 is 6.09 Å². The number of amides is 3. The van der Waals surface area contributed by atoms with Crippen LogP contribution in [0.3, 0.4) is 0 Å². The number of carbonyl (C=O) groups excluding carboxylic acids is 3. The molecule has 24 heavy (non-hydrogen) atoms. The maximum Gasteiger partial charge on any atom is 0.410 e. The summed E-state index contributed by atoms with van der Waals surface area (Å²) in [6.07, 6.45) is 2.17. The summed E-state index contributed by atoms with van der Waals surface area (Å²) < 4.78 is 5.37. The van der Waals surface area contributed by atoms with Crippen LogP contribution in [0.5, 0.6) is 0 Å². The number of carbonyl (C=O) groups is 3. The molecule has 1 fully saturated rings. The minimum Gasteiger partial charge on any atom is -0.444 e. The number of nitrogens with one attached hydrogen (secondary N) is 2. The Morgan fingerprint density at radius 3 is 2.50 bits per heavy atom. The van der Waals surface area contributed by atoms with Crippen LogP contribution in [0.1, 0.15) is 40.5 Å². The fourth-order valence-electron chi connectivity index (χ4n) is 2.71. The van der Waals surface area contributed by atoms with Crippen molar-refractivity contribution in [3.05, 3.63) is 12.7 Å². The zero-order chi connectivity index (χ0) is 18.5. The maximum atomic E-state index is 12.7. The van der Waals surface area contributed by atoms with Crippen molar-refractivity contribution in [1.82, 2.24) is 15.5 Å². The molecule has 2 atom stereocenters. The molecule has 1 saturated heterocycles. The Bertz CT molecular complexity index is 512. The monoisotopic (exact) mass is 339 g/mol. The smallest absolute Gasteiger partial charge is 0.410 e. The van der Waals surface area contributed by atoms with Crippen molar-refractivity contribution in [3.63, 3.8) is 0 Å². The van der Waals surface area contributed by atoms with Crippen LogP contribution in [-0.4, -0.2) is 54.6 Å². The van der Waals surface area contributed by atoms with E-state index >= 15 is 0 Å². The van der Waals surface area contributed by atoms with Crippen LogP contribution in [0.25, 0.3) is 0 Å². The topological polar surface area (TPSA) is 87.7 Å². The fourth-order valence-corrected chi connectivity index (χ4v) is 2.71. The summed E-state index contributed by atoms with van der Waals surface area (Å²) in [6.45, 7) is 11.4. The van der Waals surface area contributed by atoms with Gasteiger partial charge in [-0.25, -0.2) is 4.79 Å². The predicted molar refractivity (Wildman–Crippen MR) is 91.3 cm³/mol. The van der Waals surface area contributed by atoms with Gasteiger partial charge in [-0.1, -0.05) is 6.08 Å². The second-order valence-corrected chi connectivity index (χ2v) is 7.23. The number of likely N-dealkylation sites (N-methyl/N-ethyl adjacent to an activating group) is 1. The Morgan fingerprint density at radius 2 is 2.00 bits per heavy atom. The van der Waals surface area contributed by atoms with E-state index in [1.165, 1.54) is 7.05 Å².